The highest BCUT2D eigenvalue weighted by Crippen LogP contribution is 2.45. The maximum atomic E-state index is 2.56. The first kappa shape index (κ1) is 23.9. The maximum Gasteiger partial charge on any atom is 0.0625 e. The number of allylic oxidation sites excluding steroid dienone is 1. The van der Waals surface area contributed by atoms with Gasteiger partial charge in [-0.1, -0.05) is 115 Å². The lowest BCUT2D eigenvalue weighted by atomic mass is 9.94. The van der Waals surface area contributed by atoms with Gasteiger partial charge in [0.05, 0.1) is 27.9 Å². The van der Waals surface area contributed by atoms with Gasteiger partial charge in [-0.15, -0.1) is 0 Å². The van der Waals surface area contributed by atoms with Crippen molar-refractivity contribution in [3.63, 3.8) is 0 Å². The number of aromatic nitrogens is 2. The average Bonchev–Trinajstić information content (AvgIpc) is 3.60. The summed E-state index contributed by atoms with van der Waals surface area (Å²) < 4.78 is 5.09. The zero-order valence-corrected chi connectivity index (χ0v) is 24.2. The van der Waals surface area contributed by atoms with Crippen LogP contribution in [0.2, 0.25) is 0 Å². The number of hydrogen-bond acceptors (Lipinski definition) is 0. The van der Waals surface area contributed by atoms with Crippen LogP contribution in [0.1, 0.15) is 17.7 Å². The number of fused-ring (bicyclic) bond motifs is 10. The smallest absolute Gasteiger partial charge is 0.0625 e. The number of hydrogen-bond donors (Lipinski definition) is 0. The maximum absolute atomic E-state index is 2.56. The summed E-state index contributed by atoms with van der Waals surface area (Å²) in [5.74, 6) is 0. The van der Waals surface area contributed by atoms with E-state index in [0.29, 0.717) is 0 Å². The molecule has 2 aromatic heterocycles. The van der Waals surface area contributed by atoms with Crippen molar-refractivity contribution in [2.75, 3.05) is 0 Å². The lowest BCUT2D eigenvalue weighted by Crippen LogP contribution is -2.05. The molecule has 2 nitrogen and oxygen atoms in total. The molecular formula is C42H28N2. The third-order valence-corrected chi connectivity index (χ3v) is 9.71. The fourth-order valence-electron chi connectivity index (χ4n) is 7.91. The van der Waals surface area contributed by atoms with E-state index in [0.717, 1.165) is 12.8 Å². The Balaban J connectivity index is 1.48. The second-order valence-electron chi connectivity index (χ2n) is 12.0. The largest absolute Gasteiger partial charge is 0.312 e. The van der Waals surface area contributed by atoms with Crippen molar-refractivity contribution in [3.05, 3.63) is 151 Å². The first-order valence-electron chi connectivity index (χ1n) is 15.5. The van der Waals surface area contributed by atoms with E-state index < -0.39 is 0 Å². The van der Waals surface area contributed by atoms with Crippen molar-refractivity contribution < 1.29 is 0 Å². The molecule has 2 heteroatoms. The van der Waals surface area contributed by atoms with Gasteiger partial charge < -0.3 is 9.13 Å². The van der Waals surface area contributed by atoms with Crippen molar-refractivity contribution in [2.24, 2.45) is 0 Å². The zero-order valence-electron chi connectivity index (χ0n) is 24.2. The molecular weight excluding hydrogens is 532 g/mol. The lowest BCUT2D eigenvalue weighted by molar-refractivity contribution is 0.892. The molecule has 0 saturated heterocycles. The lowest BCUT2D eigenvalue weighted by Gasteiger charge is -2.21. The van der Waals surface area contributed by atoms with Crippen LogP contribution in [0.25, 0.3) is 82.5 Å². The minimum Gasteiger partial charge on any atom is -0.312 e. The highest BCUT2D eigenvalue weighted by Gasteiger charge is 2.23. The molecule has 0 unspecified atom stereocenters. The van der Waals surface area contributed by atoms with Crippen LogP contribution >= 0.6 is 0 Å². The first-order valence-corrected chi connectivity index (χ1v) is 15.5. The quantitative estimate of drug-likeness (QED) is 0.147. The Morgan fingerprint density at radius 2 is 1.00 bits per heavy atom. The molecule has 7 aromatic carbocycles. The number of para-hydroxylation sites is 3. The topological polar surface area (TPSA) is 9.86 Å². The van der Waals surface area contributed by atoms with E-state index in [9.17, 15) is 0 Å². The van der Waals surface area contributed by atoms with Crippen molar-refractivity contribution in [1.29, 1.82) is 0 Å². The Kier molecular flexibility index (Phi) is 4.86. The molecule has 0 aliphatic heterocycles. The van der Waals surface area contributed by atoms with E-state index in [1.807, 2.05) is 0 Å². The minimum absolute atomic E-state index is 1.03. The molecule has 9 aromatic rings. The summed E-state index contributed by atoms with van der Waals surface area (Å²) in [6.45, 7) is 0. The summed E-state index contributed by atoms with van der Waals surface area (Å²) >= 11 is 0. The fourth-order valence-corrected chi connectivity index (χ4v) is 7.91. The number of rotatable bonds is 2. The summed E-state index contributed by atoms with van der Waals surface area (Å²) in [6.07, 6.45) is 6.75. The van der Waals surface area contributed by atoms with Crippen LogP contribution in [0.5, 0.6) is 0 Å². The monoisotopic (exact) mass is 560 g/mol. The molecule has 0 fully saturated rings. The molecule has 0 bridgehead atoms. The Bertz CT molecular complexity index is 2610. The molecule has 0 spiro atoms. The van der Waals surface area contributed by atoms with Crippen LogP contribution in [0.3, 0.4) is 0 Å². The predicted molar refractivity (Wildman–Crippen MR) is 187 cm³/mol. The number of nitrogens with zero attached hydrogens (tertiary/aromatic N) is 2. The third kappa shape index (κ3) is 3.15. The van der Waals surface area contributed by atoms with Gasteiger partial charge in [-0.25, -0.2) is 0 Å². The first-order chi connectivity index (χ1) is 21.9. The van der Waals surface area contributed by atoms with E-state index in [1.54, 1.807) is 0 Å². The molecule has 1 aliphatic rings. The summed E-state index contributed by atoms with van der Waals surface area (Å²) in [7, 11) is 0. The van der Waals surface area contributed by atoms with Crippen LogP contribution in [0, 0.1) is 0 Å². The van der Waals surface area contributed by atoms with Crippen LogP contribution in [-0.4, -0.2) is 9.13 Å². The van der Waals surface area contributed by atoms with Gasteiger partial charge in [0.15, 0.2) is 0 Å². The van der Waals surface area contributed by atoms with Crippen LogP contribution in [0.4, 0.5) is 0 Å². The van der Waals surface area contributed by atoms with Crippen molar-refractivity contribution in [2.45, 2.75) is 12.8 Å². The van der Waals surface area contributed by atoms with Crippen LogP contribution < -0.4 is 0 Å². The normalized spacial score (nSPS) is 13.2. The van der Waals surface area contributed by atoms with Crippen LogP contribution in [0.15, 0.2) is 140 Å². The van der Waals surface area contributed by atoms with Crippen LogP contribution in [-0.2, 0) is 6.42 Å². The highest BCUT2D eigenvalue weighted by atomic mass is 15.0. The minimum atomic E-state index is 1.03. The summed E-state index contributed by atoms with van der Waals surface area (Å²) in [4.78, 5) is 0. The van der Waals surface area contributed by atoms with Gasteiger partial charge in [0.1, 0.15) is 0 Å². The van der Waals surface area contributed by atoms with Gasteiger partial charge in [-0.3, -0.25) is 0 Å². The van der Waals surface area contributed by atoms with Crippen molar-refractivity contribution >= 4 is 71.1 Å². The third-order valence-electron chi connectivity index (χ3n) is 9.71. The van der Waals surface area contributed by atoms with Gasteiger partial charge in [-0.2, -0.15) is 0 Å². The van der Waals surface area contributed by atoms with E-state index in [2.05, 4.69) is 155 Å². The van der Waals surface area contributed by atoms with Gasteiger partial charge in [0.25, 0.3) is 0 Å². The second-order valence-corrected chi connectivity index (χ2v) is 12.0. The molecule has 0 atom stereocenters. The Morgan fingerprint density at radius 3 is 1.70 bits per heavy atom. The molecule has 2 heterocycles. The second kappa shape index (κ2) is 8.95. The predicted octanol–water partition coefficient (Wildman–Crippen LogP) is 11.1. The molecule has 10 rings (SSSR count). The standard InChI is InChI=1S/C42H28N2/c1-3-15-29-28(14-1)26-40(43-36-21-9-5-17-31(36)32-18-6-10-22-37(32)43)35-25-27-13-2-4-16-30(27)42(41(29)35)44-38-23-11-7-19-33(38)34-20-8-12-24-39(34)44/h1-9,11-21,23-26H,10,22H2. The average molecular weight is 561 g/mol. The van der Waals surface area contributed by atoms with E-state index in [4.69, 9.17) is 0 Å². The Labute approximate surface area is 254 Å². The van der Waals surface area contributed by atoms with Gasteiger partial charge >= 0.3 is 0 Å². The molecule has 1 aliphatic carbocycles. The molecule has 0 saturated carbocycles. The van der Waals surface area contributed by atoms with Gasteiger partial charge in [0, 0.05) is 43.6 Å². The SMILES string of the molecule is C1=Cc2c(n(-c3cc4ccccc4c4c(-n5c6ccccc6c6ccccc65)c5ccccc5cc34)c3ccccc23)CC1. The van der Waals surface area contributed by atoms with E-state index in [1.165, 1.54) is 87.7 Å². The Hall–Kier alpha value is -5.60. The van der Waals surface area contributed by atoms with Crippen molar-refractivity contribution in [1.82, 2.24) is 9.13 Å². The van der Waals surface area contributed by atoms with Gasteiger partial charge in [0.2, 0.25) is 0 Å². The molecule has 0 N–H and O–H groups in total. The number of benzene rings is 7. The summed E-state index contributed by atoms with van der Waals surface area (Å²) in [6, 6.07) is 49.4. The molecule has 0 radical (unpaired) electrons. The van der Waals surface area contributed by atoms with E-state index >= 15 is 0 Å². The molecule has 206 valence electrons. The zero-order chi connectivity index (χ0) is 28.8. The fraction of sp³-hybridized carbons (Fsp3) is 0.0476. The molecule has 0 amide bonds. The van der Waals surface area contributed by atoms with E-state index in [-0.39, 0.29) is 0 Å². The Morgan fingerprint density at radius 1 is 0.455 bits per heavy atom. The molecule has 44 heavy (non-hydrogen) atoms. The van der Waals surface area contributed by atoms with Gasteiger partial charge in [-0.05, 0) is 59.3 Å². The summed E-state index contributed by atoms with van der Waals surface area (Å²) in [5.41, 5.74) is 8.99. The van der Waals surface area contributed by atoms with Crippen molar-refractivity contribution in [3.8, 4) is 11.4 Å². The summed E-state index contributed by atoms with van der Waals surface area (Å²) in [5, 5.41) is 11.5. The highest BCUT2D eigenvalue weighted by molar-refractivity contribution is 6.23.